The van der Waals surface area contributed by atoms with Crippen molar-refractivity contribution in [3.8, 4) is 11.5 Å². The number of ether oxygens (including phenoxy) is 2. The Kier molecular flexibility index (Phi) is 4.06. The summed E-state index contributed by atoms with van der Waals surface area (Å²) < 4.78 is 33.7. The van der Waals surface area contributed by atoms with Crippen LogP contribution < -0.4 is 14.8 Å². The van der Waals surface area contributed by atoms with Gasteiger partial charge in [0.25, 0.3) is 0 Å². The summed E-state index contributed by atoms with van der Waals surface area (Å²) in [4.78, 5) is 26.4. The molecule has 0 bridgehead atoms. The Morgan fingerprint density at radius 1 is 1.19 bits per heavy atom. The van der Waals surface area contributed by atoms with Crippen LogP contribution >= 0.6 is 0 Å². The number of nitrogens with one attached hydrogen (secondary N) is 1. The maximum Gasteiger partial charge on any atom is 0.231 e. The van der Waals surface area contributed by atoms with E-state index in [0.717, 1.165) is 0 Å². The lowest BCUT2D eigenvalue weighted by atomic mass is 10.2. The fourth-order valence-corrected chi connectivity index (χ4v) is 5.26. The van der Waals surface area contributed by atoms with Crippen molar-refractivity contribution in [2.24, 2.45) is 11.8 Å². The van der Waals surface area contributed by atoms with Crippen molar-refractivity contribution < 1.29 is 27.5 Å². The Morgan fingerprint density at radius 3 is 2.69 bits per heavy atom. The minimum Gasteiger partial charge on any atom is -0.454 e. The monoisotopic (exact) mass is 380 g/mol. The first kappa shape index (κ1) is 17.1. The van der Waals surface area contributed by atoms with E-state index >= 15 is 0 Å². The highest BCUT2D eigenvalue weighted by Crippen LogP contribution is 2.42. The number of carbonyl (C=O) groups is 2. The van der Waals surface area contributed by atoms with E-state index in [4.69, 9.17) is 9.47 Å². The maximum atomic E-state index is 12.5. The van der Waals surface area contributed by atoms with E-state index in [1.54, 1.807) is 25.2 Å². The number of anilines is 1. The summed E-state index contributed by atoms with van der Waals surface area (Å²) in [6.07, 6.45) is 0.949. The molecule has 2 amide bonds. The molecule has 1 aromatic carbocycles. The van der Waals surface area contributed by atoms with E-state index in [2.05, 4.69) is 5.32 Å². The largest absolute Gasteiger partial charge is 0.454 e. The van der Waals surface area contributed by atoms with Crippen LogP contribution in [0, 0.1) is 11.8 Å². The summed E-state index contributed by atoms with van der Waals surface area (Å²) in [5.41, 5.74) is 0.590. The SMILES string of the molecule is CN(C(=O)C1CC1C(=O)Nc1ccc2c(c1)OCO2)C1CCS(=O)(=O)C1. The molecular weight excluding hydrogens is 360 g/mol. The summed E-state index contributed by atoms with van der Waals surface area (Å²) in [5, 5.41) is 2.80. The van der Waals surface area contributed by atoms with Crippen LogP contribution in [0.25, 0.3) is 0 Å². The van der Waals surface area contributed by atoms with Crippen LogP contribution in [-0.4, -0.2) is 56.5 Å². The molecule has 2 fully saturated rings. The van der Waals surface area contributed by atoms with Gasteiger partial charge in [0.15, 0.2) is 21.3 Å². The van der Waals surface area contributed by atoms with Crippen LogP contribution in [-0.2, 0) is 19.4 Å². The minimum atomic E-state index is -3.05. The molecule has 0 aromatic heterocycles. The number of fused-ring (bicyclic) bond motifs is 1. The summed E-state index contributed by atoms with van der Waals surface area (Å²) in [6, 6.07) is 4.85. The molecule has 8 nitrogen and oxygen atoms in total. The van der Waals surface area contributed by atoms with Gasteiger partial charge in [-0.15, -0.1) is 0 Å². The fourth-order valence-electron chi connectivity index (χ4n) is 3.49. The number of benzene rings is 1. The number of nitrogens with zero attached hydrogens (tertiary/aromatic N) is 1. The Hall–Kier alpha value is -2.29. The zero-order valence-corrected chi connectivity index (χ0v) is 15.1. The van der Waals surface area contributed by atoms with E-state index in [9.17, 15) is 18.0 Å². The zero-order valence-electron chi connectivity index (χ0n) is 14.3. The number of carbonyl (C=O) groups excluding carboxylic acids is 2. The number of rotatable bonds is 4. The first-order valence-corrected chi connectivity index (χ1v) is 10.3. The molecule has 0 spiro atoms. The highest BCUT2D eigenvalue weighted by atomic mass is 32.2. The summed E-state index contributed by atoms with van der Waals surface area (Å²) >= 11 is 0. The molecule has 1 aliphatic carbocycles. The lowest BCUT2D eigenvalue weighted by molar-refractivity contribution is -0.134. The van der Waals surface area contributed by atoms with Crippen LogP contribution in [0.15, 0.2) is 18.2 Å². The Labute approximate surface area is 151 Å². The summed E-state index contributed by atoms with van der Waals surface area (Å²) in [7, 11) is -1.43. The third kappa shape index (κ3) is 3.23. The van der Waals surface area contributed by atoms with E-state index in [1.807, 2.05) is 0 Å². The molecule has 3 unspecified atom stereocenters. The predicted octanol–water partition coefficient (Wildman–Crippen LogP) is 0.635. The van der Waals surface area contributed by atoms with Crippen molar-refractivity contribution in [3.63, 3.8) is 0 Å². The molecule has 3 aliphatic rings. The first-order chi connectivity index (χ1) is 12.3. The van der Waals surface area contributed by atoms with Gasteiger partial charge in [0.2, 0.25) is 18.6 Å². The molecule has 1 aromatic rings. The molecule has 26 heavy (non-hydrogen) atoms. The molecule has 140 valence electrons. The third-order valence-corrected chi connectivity index (χ3v) is 6.94. The lowest BCUT2D eigenvalue weighted by Crippen LogP contribution is -2.39. The summed E-state index contributed by atoms with van der Waals surface area (Å²) in [6.45, 7) is 0.162. The number of amides is 2. The van der Waals surface area contributed by atoms with Crippen molar-refractivity contribution in [1.82, 2.24) is 4.90 Å². The van der Waals surface area contributed by atoms with Gasteiger partial charge < -0.3 is 19.7 Å². The van der Waals surface area contributed by atoms with Crippen LogP contribution in [0.3, 0.4) is 0 Å². The zero-order chi connectivity index (χ0) is 18.5. The fraction of sp³-hybridized carbons (Fsp3) is 0.529. The molecule has 3 atom stereocenters. The highest BCUT2D eigenvalue weighted by molar-refractivity contribution is 7.91. The van der Waals surface area contributed by atoms with Crippen LogP contribution in [0.4, 0.5) is 5.69 Å². The van der Waals surface area contributed by atoms with Crippen LogP contribution in [0.1, 0.15) is 12.8 Å². The van der Waals surface area contributed by atoms with Gasteiger partial charge in [-0.3, -0.25) is 9.59 Å². The number of hydrogen-bond acceptors (Lipinski definition) is 6. The standard InChI is InChI=1S/C17H20N2O6S/c1-19(11-4-5-26(22,23)8-11)17(21)13-7-12(13)16(20)18-10-2-3-14-15(6-10)25-9-24-14/h2-3,6,11-13H,4-5,7-9H2,1H3,(H,18,20). The Bertz CT molecular complexity index is 868. The van der Waals surface area contributed by atoms with Crippen molar-refractivity contribution in [2.75, 3.05) is 30.7 Å². The minimum absolute atomic E-state index is 0.00994. The highest BCUT2D eigenvalue weighted by Gasteiger charge is 2.50. The van der Waals surface area contributed by atoms with Crippen LogP contribution in [0.2, 0.25) is 0 Å². The molecular formula is C17H20N2O6S. The van der Waals surface area contributed by atoms with Gasteiger partial charge in [0.1, 0.15) is 0 Å². The van der Waals surface area contributed by atoms with Gasteiger partial charge in [0, 0.05) is 24.8 Å². The second kappa shape index (κ2) is 6.15. The van der Waals surface area contributed by atoms with E-state index < -0.39 is 9.84 Å². The smallest absolute Gasteiger partial charge is 0.231 e. The Morgan fingerprint density at radius 2 is 1.96 bits per heavy atom. The lowest BCUT2D eigenvalue weighted by Gasteiger charge is -2.23. The van der Waals surface area contributed by atoms with Gasteiger partial charge in [-0.05, 0) is 25.0 Å². The molecule has 1 N–H and O–H groups in total. The van der Waals surface area contributed by atoms with E-state index in [-0.39, 0.29) is 48.0 Å². The summed E-state index contributed by atoms with van der Waals surface area (Å²) in [5.74, 6) is 0.214. The van der Waals surface area contributed by atoms with Crippen molar-refractivity contribution in [2.45, 2.75) is 18.9 Å². The maximum absolute atomic E-state index is 12.5. The van der Waals surface area contributed by atoms with Gasteiger partial charge >= 0.3 is 0 Å². The van der Waals surface area contributed by atoms with Gasteiger partial charge in [-0.1, -0.05) is 0 Å². The van der Waals surface area contributed by atoms with E-state index in [1.165, 1.54) is 4.90 Å². The first-order valence-electron chi connectivity index (χ1n) is 8.52. The molecule has 1 saturated carbocycles. The average Bonchev–Trinajstić information content (AvgIpc) is 3.13. The second-order valence-corrected chi connectivity index (χ2v) is 9.24. The topological polar surface area (TPSA) is 102 Å². The van der Waals surface area contributed by atoms with E-state index in [0.29, 0.717) is 30.0 Å². The van der Waals surface area contributed by atoms with Gasteiger partial charge in [-0.2, -0.15) is 0 Å². The average molecular weight is 380 g/mol. The van der Waals surface area contributed by atoms with Crippen molar-refractivity contribution in [1.29, 1.82) is 0 Å². The van der Waals surface area contributed by atoms with Crippen molar-refractivity contribution in [3.05, 3.63) is 18.2 Å². The molecule has 4 rings (SSSR count). The molecule has 2 heterocycles. The Balaban J connectivity index is 1.34. The quantitative estimate of drug-likeness (QED) is 0.822. The number of hydrogen-bond donors (Lipinski definition) is 1. The molecule has 2 aliphatic heterocycles. The van der Waals surface area contributed by atoms with Gasteiger partial charge in [-0.25, -0.2) is 8.42 Å². The molecule has 9 heteroatoms. The predicted molar refractivity (Wildman–Crippen MR) is 92.6 cm³/mol. The van der Waals surface area contributed by atoms with Crippen molar-refractivity contribution >= 4 is 27.3 Å². The van der Waals surface area contributed by atoms with Crippen LogP contribution in [0.5, 0.6) is 11.5 Å². The third-order valence-electron chi connectivity index (χ3n) is 5.19. The number of sulfone groups is 1. The normalized spacial score (nSPS) is 27.8. The molecule has 1 saturated heterocycles. The second-order valence-electron chi connectivity index (χ2n) is 7.01. The van der Waals surface area contributed by atoms with Gasteiger partial charge in [0.05, 0.1) is 23.3 Å². The molecule has 0 radical (unpaired) electrons.